The Labute approximate surface area is 124 Å². The van der Waals surface area contributed by atoms with E-state index in [2.05, 4.69) is 9.71 Å². The zero-order chi connectivity index (χ0) is 14.9. The number of fused-ring (bicyclic) bond motifs is 1. The molecule has 1 atom stereocenters. The number of hydrogen-bond acceptors (Lipinski definition) is 3. The fourth-order valence-corrected chi connectivity index (χ4v) is 3.52. The second-order valence-electron chi connectivity index (χ2n) is 4.85. The molecule has 2 rings (SSSR count). The minimum absolute atomic E-state index is 0.129. The Balaban J connectivity index is 2.63. The summed E-state index contributed by atoms with van der Waals surface area (Å²) in [5.74, 6) is 0. The van der Waals surface area contributed by atoms with Crippen LogP contribution in [-0.4, -0.2) is 19.4 Å². The lowest BCUT2D eigenvalue weighted by Crippen LogP contribution is -2.32. The van der Waals surface area contributed by atoms with Gasteiger partial charge in [0.15, 0.2) is 0 Å². The topological polar surface area (TPSA) is 59.1 Å². The highest BCUT2D eigenvalue weighted by molar-refractivity contribution is 7.89. The number of sulfonamides is 1. The predicted molar refractivity (Wildman–Crippen MR) is 81.6 cm³/mol. The Hall–Kier alpha value is -1.17. The Morgan fingerprint density at radius 1 is 1.40 bits per heavy atom. The molecule has 4 nitrogen and oxygen atoms in total. The van der Waals surface area contributed by atoms with Crippen molar-refractivity contribution in [1.29, 1.82) is 0 Å². The van der Waals surface area contributed by atoms with Gasteiger partial charge in [-0.15, -0.1) is 0 Å². The molecule has 0 bridgehead atoms. The average molecular weight is 313 g/mol. The zero-order valence-electron chi connectivity index (χ0n) is 11.6. The fraction of sp³-hybridized carbons (Fsp3) is 0.357. The van der Waals surface area contributed by atoms with Crippen LogP contribution in [0.2, 0.25) is 5.15 Å². The van der Waals surface area contributed by atoms with Gasteiger partial charge in [-0.25, -0.2) is 18.1 Å². The van der Waals surface area contributed by atoms with Gasteiger partial charge in [0, 0.05) is 11.4 Å². The molecule has 108 valence electrons. The standard InChI is InChI=1S/C14H17ClN2O2S/c1-4-10(3)17-20(18,19)12-7-5-6-11-8-9(2)14(15)16-13(11)12/h5-8,10,17H,4H2,1-3H3. The molecule has 1 aromatic heterocycles. The summed E-state index contributed by atoms with van der Waals surface area (Å²) in [6.07, 6.45) is 0.720. The Morgan fingerprint density at radius 2 is 2.10 bits per heavy atom. The number of pyridine rings is 1. The molecule has 1 unspecified atom stereocenters. The number of nitrogens with one attached hydrogen (secondary N) is 1. The molecule has 20 heavy (non-hydrogen) atoms. The normalized spacial score (nSPS) is 13.6. The molecule has 1 aromatic carbocycles. The van der Waals surface area contributed by atoms with E-state index in [4.69, 9.17) is 11.6 Å². The first kappa shape index (κ1) is 15.2. The highest BCUT2D eigenvalue weighted by Crippen LogP contribution is 2.25. The smallest absolute Gasteiger partial charge is 0.234 e. The molecule has 0 saturated carbocycles. The molecule has 1 N–H and O–H groups in total. The first-order valence-electron chi connectivity index (χ1n) is 6.43. The van der Waals surface area contributed by atoms with Crippen molar-refractivity contribution in [2.75, 3.05) is 0 Å². The number of para-hydroxylation sites is 1. The molecular formula is C14H17ClN2O2S. The quantitative estimate of drug-likeness (QED) is 0.881. The molecule has 0 radical (unpaired) electrons. The summed E-state index contributed by atoms with van der Waals surface area (Å²) in [5, 5.41) is 1.09. The van der Waals surface area contributed by atoms with Crippen LogP contribution < -0.4 is 4.72 Å². The van der Waals surface area contributed by atoms with Gasteiger partial charge in [-0.3, -0.25) is 0 Å². The van der Waals surface area contributed by atoms with Gasteiger partial charge >= 0.3 is 0 Å². The van der Waals surface area contributed by atoms with E-state index in [1.54, 1.807) is 12.1 Å². The SMILES string of the molecule is CCC(C)NS(=O)(=O)c1cccc2cc(C)c(Cl)nc12. The van der Waals surface area contributed by atoms with Gasteiger partial charge in [-0.1, -0.05) is 30.7 Å². The fourth-order valence-electron chi connectivity index (χ4n) is 1.88. The van der Waals surface area contributed by atoms with Crippen LogP contribution >= 0.6 is 11.6 Å². The van der Waals surface area contributed by atoms with Crippen LogP contribution in [0, 0.1) is 6.92 Å². The lowest BCUT2D eigenvalue weighted by atomic mass is 10.2. The Bertz CT molecular complexity index is 744. The Morgan fingerprint density at radius 3 is 2.75 bits per heavy atom. The molecule has 1 heterocycles. The first-order valence-corrected chi connectivity index (χ1v) is 8.29. The van der Waals surface area contributed by atoms with Crippen molar-refractivity contribution in [3.63, 3.8) is 0 Å². The van der Waals surface area contributed by atoms with E-state index >= 15 is 0 Å². The number of hydrogen-bond donors (Lipinski definition) is 1. The van der Waals surface area contributed by atoms with Gasteiger partial charge in [0.25, 0.3) is 0 Å². The largest absolute Gasteiger partial charge is 0.242 e. The molecule has 0 amide bonds. The predicted octanol–water partition coefficient (Wildman–Crippen LogP) is 3.27. The summed E-state index contributed by atoms with van der Waals surface area (Å²) in [7, 11) is -3.60. The van der Waals surface area contributed by atoms with E-state index in [1.165, 1.54) is 0 Å². The van der Waals surface area contributed by atoms with Crippen molar-refractivity contribution >= 4 is 32.5 Å². The summed E-state index contributed by atoms with van der Waals surface area (Å²) >= 11 is 6.02. The molecule has 0 aliphatic heterocycles. The van der Waals surface area contributed by atoms with Crippen LogP contribution in [0.1, 0.15) is 25.8 Å². The van der Waals surface area contributed by atoms with Crippen molar-refractivity contribution < 1.29 is 8.42 Å². The van der Waals surface area contributed by atoms with E-state index in [1.807, 2.05) is 32.9 Å². The molecule has 0 aliphatic carbocycles. The Kier molecular flexibility index (Phi) is 4.32. The molecule has 6 heteroatoms. The number of halogens is 1. The number of rotatable bonds is 4. The van der Waals surface area contributed by atoms with Crippen LogP contribution in [0.4, 0.5) is 0 Å². The van der Waals surface area contributed by atoms with Crippen LogP contribution in [0.15, 0.2) is 29.2 Å². The summed E-state index contributed by atoms with van der Waals surface area (Å²) in [4.78, 5) is 4.38. The van der Waals surface area contributed by atoms with Gasteiger partial charge in [0.1, 0.15) is 10.0 Å². The van der Waals surface area contributed by atoms with Crippen LogP contribution in [-0.2, 0) is 10.0 Å². The first-order chi connectivity index (χ1) is 9.35. The lowest BCUT2D eigenvalue weighted by molar-refractivity contribution is 0.556. The molecule has 0 spiro atoms. The van der Waals surface area contributed by atoms with E-state index in [-0.39, 0.29) is 10.9 Å². The van der Waals surface area contributed by atoms with Gasteiger partial charge < -0.3 is 0 Å². The summed E-state index contributed by atoms with van der Waals surface area (Å²) in [6, 6.07) is 6.80. The van der Waals surface area contributed by atoms with Gasteiger partial charge in [-0.2, -0.15) is 0 Å². The maximum atomic E-state index is 12.4. The zero-order valence-corrected chi connectivity index (χ0v) is 13.2. The monoisotopic (exact) mass is 312 g/mol. The number of benzene rings is 1. The minimum atomic E-state index is -3.60. The molecule has 0 saturated heterocycles. The van der Waals surface area contributed by atoms with Gasteiger partial charge in [0.2, 0.25) is 10.0 Å². The molecule has 0 aliphatic rings. The van der Waals surface area contributed by atoms with Crippen molar-refractivity contribution in [3.05, 3.63) is 35.0 Å². The van der Waals surface area contributed by atoms with E-state index in [9.17, 15) is 8.42 Å². The summed E-state index contributed by atoms with van der Waals surface area (Å²) in [5.41, 5.74) is 1.22. The number of aromatic nitrogens is 1. The summed E-state index contributed by atoms with van der Waals surface area (Å²) < 4.78 is 27.5. The maximum absolute atomic E-state index is 12.4. The minimum Gasteiger partial charge on any atom is -0.234 e. The third-order valence-corrected chi connectivity index (χ3v) is 5.20. The van der Waals surface area contributed by atoms with Crippen LogP contribution in [0.5, 0.6) is 0 Å². The van der Waals surface area contributed by atoms with Crippen LogP contribution in [0.3, 0.4) is 0 Å². The lowest BCUT2D eigenvalue weighted by Gasteiger charge is -2.13. The number of aryl methyl sites for hydroxylation is 1. The van der Waals surface area contributed by atoms with E-state index in [0.29, 0.717) is 10.7 Å². The van der Waals surface area contributed by atoms with E-state index < -0.39 is 10.0 Å². The van der Waals surface area contributed by atoms with Crippen molar-refractivity contribution in [2.45, 2.75) is 38.1 Å². The van der Waals surface area contributed by atoms with E-state index in [0.717, 1.165) is 17.4 Å². The van der Waals surface area contributed by atoms with Crippen molar-refractivity contribution in [1.82, 2.24) is 9.71 Å². The van der Waals surface area contributed by atoms with Crippen molar-refractivity contribution in [2.24, 2.45) is 0 Å². The van der Waals surface area contributed by atoms with Crippen LogP contribution in [0.25, 0.3) is 10.9 Å². The third-order valence-electron chi connectivity index (χ3n) is 3.20. The maximum Gasteiger partial charge on any atom is 0.242 e. The highest BCUT2D eigenvalue weighted by atomic mass is 35.5. The second-order valence-corrected chi connectivity index (χ2v) is 6.89. The molecule has 0 fully saturated rings. The summed E-state index contributed by atoms with van der Waals surface area (Å²) in [6.45, 7) is 5.59. The second kappa shape index (κ2) is 5.68. The van der Waals surface area contributed by atoms with Gasteiger partial charge in [-0.05, 0) is 38.0 Å². The third kappa shape index (κ3) is 2.95. The van der Waals surface area contributed by atoms with Gasteiger partial charge in [0.05, 0.1) is 5.52 Å². The highest BCUT2D eigenvalue weighted by Gasteiger charge is 2.20. The molecular weight excluding hydrogens is 296 g/mol. The average Bonchev–Trinajstić information content (AvgIpc) is 2.38. The van der Waals surface area contributed by atoms with Crippen molar-refractivity contribution in [3.8, 4) is 0 Å². The molecule has 2 aromatic rings. The number of nitrogens with zero attached hydrogens (tertiary/aromatic N) is 1.